The number of halogens is 1. The Labute approximate surface area is 174 Å². The molecular formula is C23H34ClN3O. The fourth-order valence-electron chi connectivity index (χ4n) is 5.33. The highest BCUT2D eigenvalue weighted by Crippen LogP contribution is 2.28. The Morgan fingerprint density at radius 3 is 2.14 bits per heavy atom. The van der Waals surface area contributed by atoms with Crippen molar-refractivity contribution in [2.24, 2.45) is 0 Å². The molecule has 0 unspecified atom stereocenters. The monoisotopic (exact) mass is 403 g/mol. The summed E-state index contributed by atoms with van der Waals surface area (Å²) in [6.45, 7) is 4.07. The van der Waals surface area contributed by atoms with Gasteiger partial charge in [-0.1, -0.05) is 55.8 Å². The molecule has 0 bridgehead atoms. The summed E-state index contributed by atoms with van der Waals surface area (Å²) in [7, 11) is 0. The molecule has 154 valence electrons. The van der Waals surface area contributed by atoms with Crippen LogP contribution in [0.5, 0.6) is 0 Å². The first-order valence-corrected chi connectivity index (χ1v) is 11.6. The summed E-state index contributed by atoms with van der Waals surface area (Å²) in [5.41, 5.74) is 1.06. The Morgan fingerprint density at radius 2 is 1.50 bits per heavy atom. The van der Waals surface area contributed by atoms with Crippen molar-refractivity contribution in [1.29, 1.82) is 0 Å². The van der Waals surface area contributed by atoms with Crippen LogP contribution in [0, 0.1) is 0 Å². The summed E-state index contributed by atoms with van der Waals surface area (Å²) in [4.78, 5) is 18.3. The van der Waals surface area contributed by atoms with Crippen LogP contribution in [0.15, 0.2) is 24.3 Å². The van der Waals surface area contributed by atoms with E-state index in [2.05, 4.69) is 15.1 Å². The molecule has 5 heteroatoms. The molecule has 0 spiro atoms. The molecule has 28 heavy (non-hydrogen) atoms. The molecule has 1 heterocycles. The van der Waals surface area contributed by atoms with Gasteiger partial charge < -0.3 is 5.32 Å². The molecular weight excluding hydrogens is 370 g/mol. The van der Waals surface area contributed by atoms with E-state index in [1.165, 1.54) is 44.9 Å². The number of amides is 1. The van der Waals surface area contributed by atoms with Crippen LogP contribution in [-0.2, 0) is 4.79 Å². The van der Waals surface area contributed by atoms with Crippen molar-refractivity contribution in [2.75, 3.05) is 26.2 Å². The van der Waals surface area contributed by atoms with Crippen molar-refractivity contribution in [1.82, 2.24) is 15.1 Å². The van der Waals surface area contributed by atoms with Crippen LogP contribution >= 0.6 is 11.6 Å². The number of hydrogen-bond donors (Lipinski definition) is 1. The lowest BCUT2D eigenvalue weighted by atomic mass is 9.93. The fourth-order valence-corrected chi connectivity index (χ4v) is 5.46. The zero-order valence-corrected chi connectivity index (χ0v) is 17.7. The van der Waals surface area contributed by atoms with Gasteiger partial charge in [-0.05, 0) is 43.4 Å². The maximum absolute atomic E-state index is 13.3. The molecule has 3 fully saturated rings. The molecule has 0 aromatic heterocycles. The molecule has 1 saturated heterocycles. The summed E-state index contributed by atoms with van der Waals surface area (Å²) in [6.07, 6.45) is 11.6. The van der Waals surface area contributed by atoms with E-state index >= 15 is 0 Å². The van der Waals surface area contributed by atoms with E-state index in [1.807, 2.05) is 24.3 Å². The topological polar surface area (TPSA) is 35.6 Å². The molecule has 1 aliphatic heterocycles. The Kier molecular flexibility index (Phi) is 6.92. The van der Waals surface area contributed by atoms with E-state index in [9.17, 15) is 4.79 Å². The van der Waals surface area contributed by atoms with Gasteiger partial charge in [0.2, 0.25) is 5.91 Å². The molecule has 1 aromatic rings. The molecule has 4 rings (SSSR count). The predicted octanol–water partition coefficient (Wildman–Crippen LogP) is 4.39. The number of hydrogen-bond acceptors (Lipinski definition) is 3. The molecule has 1 aromatic carbocycles. The third kappa shape index (κ3) is 4.90. The van der Waals surface area contributed by atoms with Crippen LogP contribution in [0.1, 0.15) is 69.4 Å². The van der Waals surface area contributed by atoms with E-state index in [-0.39, 0.29) is 11.9 Å². The smallest absolute Gasteiger partial charge is 0.242 e. The average molecular weight is 404 g/mol. The Balaban J connectivity index is 1.44. The van der Waals surface area contributed by atoms with Gasteiger partial charge in [-0.25, -0.2) is 0 Å². The maximum atomic E-state index is 13.3. The van der Waals surface area contributed by atoms with Crippen molar-refractivity contribution in [3.63, 3.8) is 0 Å². The second-order valence-electron chi connectivity index (χ2n) is 8.81. The zero-order valence-electron chi connectivity index (χ0n) is 16.9. The van der Waals surface area contributed by atoms with Crippen LogP contribution in [-0.4, -0.2) is 54.0 Å². The van der Waals surface area contributed by atoms with Crippen molar-refractivity contribution in [3.8, 4) is 0 Å². The van der Waals surface area contributed by atoms with Crippen LogP contribution in [0.3, 0.4) is 0 Å². The van der Waals surface area contributed by atoms with Gasteiger partial charge in [0.15, 0.2) is 0 Å². The van der Waals surface area contributed by atoms with Gasteiger partial charge in [-0.15, -0.1) is 0 Å². The summed E-state index contributed by atoms with van der Waals surface area (Å²) in [6, 6.07) is 8.77. The number of benzene rings is 1. The summed E-state index contributed by atoms with van der Waals surface area (Å²) in [5.74, 6) is 0.167. The van der Waals surface area contributed by atoms with Crippen LogP contribution in [0.4, 0.5) is 0 Å². The standard InChI is InChI=1S/C23H34ClN3O/c24-19-12-10-18(11-13-19)22(23(28)25-20-6-4-5-7-20)27-16-14-26(15-17-27)21-8-2-1-3-9-21/h10-13,20-22H,1-9,14-17H2,(H,25,28)/t22-/m1/s1. The van der Waals surface area contributed by atoms with E-state index in [1.54, 1.807) is 0 Å². The zero-order chi connectivity index (χ0) is 19.3. The van der Waals surface area contributed by atoms with Crippen LogP contribution in [0.25, 0.3) is 0 Å². The van der Waals surface area contributed by atoms with E-state index in [0.29, 0.717) is 6.04 Å². The minimum Gasteiger partial charge on any atom is -0.352 e. The van der Waals surface area contributed by atoms with Crippen LogP contribution in [0.2, 0.25) is 5.02 Å². The molecule has 2 aliphatic carbocycles. The second kappa shape index (κ2) is 9.60. The van der Waals surface area contributed by atoms with Gasteiger partial charge in [-0.2, -0.15) is 0 Å². The fraction of sp³-hybridized carbons (Fsp3) is 0.696. The van der Waals surface area contributed by atoms with E-state index in [0.717, 1.165) is 55.6 Å². The van der Waals surface area contributed by atoms with Crippen molar-refractivity contribution in [2.45, 2.75) is 75.9 Å². The van der Waals surface area contributed by atoms with Gasteiger partial charge in [0.05, 0.1) is 0 Å². The van der Waals surface area contributed by atoms with Gasteiger partial charge >= 0.3 is 0 Å². The first-order valence-electron chi connectivity index (χ1n) is 11.2. The van der Waals surface area contributed by atoms with Gasteiger partial charge in [0, 0.05) is 43.3 Å². The molecule has 4 nitrogen and oxygen atoms in total. The Hall–Kier alpha value is -1.10. The third-order valence-corrected chi connectivity index (χ3v) is 7.19. The number of carbonyl (C=O) groups is 1. The van der Waals surface area contributed by atoms with Gasteiger partial charge in [-0.3, -0.25) is 14.6 Å². The lowest BCUT2D eigenvalue weighted by Gasteiger charge is -2.43. The molecule has 2 saturated carbocycles. The summed E-state index contributed by atoms with van der Waals surface area (Å²) < 4.78 is 0. The highest BCUT2D eigenvalue weighted by molar-refractivity contribution is 6.30. The van der Waals surface area contributed by atoms with Gasteiger partial charge in [0.1, 0.15) is 6.04 Å². The van der Waals surface area contributed by atoms with Gasteiger partial charge in [0.25, 0.3) is 0 Å². The number of nitrogens with zero attached hydrogens (tertiary/aromatic N) is 2. The Morgan fingerprint density at radius 1 is 0.893 bits per heavy atom. The SMILES string of the molecule is O=C(NC1CCCC1)[C@@H](c1ccc(Cl)cc1)N1CCN(C2CCCCC2)CC1. The summed E-state index contributed by atoms with van der Waals surface area (Å²) in [5, 5.41) is 4.06. The maximum Gasteiger partial charge on any atom is 0.242 e. The molecule has 1 atom stereocenters. The Bertz CT molecular complexity index is 630. The lowest BCUT2D eigenvalue weighted by molar-refractivity contribution is -0.128. The van der Waals surface area contributed by atoms with Crippen molar-refractivity contribution >= 4 is 17.5 Å². The average Bonchev–Trinajstić information content (AvgIpc) is 3.24. The second-order valence-corrected chi connectivity index (χ2v) is 9.24. The number of piperazine rings is 1. The van der Waals surface area contributed by atoms with Crippen molar-refractivity contribution in [3.05, 3.63) is 34.9 Å². The minimum absolute atomic E-state index is 0.167. The normalized spacial score (nSPS) is 24.3. The summed E-state index contributed by atoms with van der Waals surface area (Å²) >= 11 is 6.10. The quantitative estimate of drug-likeness (QED) is 0.791. The number of nitrogens with one attached hydrogen (secondary N) is 1. The first kappa shape index (κ1) is 20.2. The predicted molar refractivity (Wildman–Crippen MR) is 115 cm³/mol. The number of rotatable bonds is 5. The molecule has 3 aliphatic rings. The van der Waals surface area contributed by atoms with Crippen LogP contribution < -0.4 is 5.32 Å². The first-order chi connectivity index (χ1) is 13.7. The molecule has 1 N–H and O–H groups in total. The van der Waals surface area contributed by atoms with Crippen molar-refractivity contribution < 1.29 is 4.79 Å². The molecule has 1 amide bonds. The minimum atomic E-state index is -0.202. The van der Waals surface area contributed by atoms with E-state index < -0.39 is 0 Å². The third-order valence-electron chi connectivity index (χ3n) is 6.94. The number of carbonyl (C=O) groups excluding carboxylic acids is 1. The lowest BCUT2D eigenvalue weighted by Crippen LogP contribution is -2.54. The van der Waals surface area contributed by atoms with E-state index in [4.69, 9.17) is 11.6 Å². The largest absolute Gasteiger partial charge is 0.352 e. The highest BCUT2D eigenvalue weighted by Gasteiger charge is 2.33. The highest BCUT2D eigenvalue weighted by atomic mass is 35.5. The molecule has 0 radical (unpaired) electrons.